The van der Waals surface area contributed by atoms with Gasteiger partial charge in [0, 0.05) is 22.7 Å². The van der Waals surface area contributed by atoms with Crippen LogP contribution in [0.4, 0.5) is 9.18 Å². The van der Waals surface area contributed by atoms with Gasteiger partial charge >= 0.3 is 6.09 Å². The van der Waals surface area contributed by atoms with E-state index in [1.165, 1.54) is 12.1 Å². The zero-order valence-electron chi connectivity index (χ0n) is 18.9. The van der Waals surface area contributed by atoms with E-state index in [-0.39, 0.29) is 29.1 Å². The Morgan fingerprint density at radius 2 is 1.94 bits per heavy atom. The number of nitrogens with one attached hydrogen (secondary N) is 2. The number of aromatic nitrogens is 3. The molecule has 3 aromatic rings. The molecule has 1 unspecified atom stereocenters. The topological polar surface area (TPSA) is 106 Å². The predicted molar refractivity (Wildman–Crippen MR) is 124 cm³/mol. The molecule has 34 heavy (non-hydrogen) atoms. The molecule has 1 saturated carbocycles. The first-order valence-corrected chi connectivity index (χ1v) is 11.5. The van der Waals surface area contributed by atoms with Crippen molar-refractivity contribution in [2.24, 2.45) is 5.92 Å². The quantitative estimate of drug-likeness (QED) is 0.540. The molecule has 9 heteroatoms. The van der Waals surface area contributed by atoms with Crippen molar-refractivity contribution in [2.75, 3.05) is 0 Å². The molecule has 2 aromatic heterocycles. The highest BCUT2D eigenvalue weighted by Gasteiger charge is 2.29. The number of benzene rings is 1. The number of imide groups is 1. The lowest BCUT2D eigenvalue weighted by molar-refractivity contribution is -0.116. The first-order chi connectivity index (χ1) is 16.3. The van der Waals surface area contributed by atoms with Crippen molar-refractivity contribution in [3.8, 4) is 11.3 Å². The molecule has 1 saturated heterocycles. The average Bonchev–Trinajstić information content (AvgIpc) is 3.52. The molecule has 1 atom stereocenters. The zero-order chi connectivity index (χ0) is 24.0. The van der Waals surface area contributed by atoms with Crippen LogP contribution in [0.25, 0.3) is 22.2 Å². The lowest BCUT2D eigenvalue weighted by Gasteiger charge is -2.17. The van der Waals surface area contributed by atoms with Gasteiger partial charge in [-0.1, -0.05) is 32.8 Å². The third kappa shape index (κ3) is 3.91. The third-order valence-electron chi connectivity index (χ3n) is 6.64. The third-order valence-corrected chi connectivity index (χ3v) is 6.64. The Bertz CT molecular complexity index is 1380. The number of carbonyl (C=O) groups is 2. The highest BCUT2D eigenvalue weighted by Crippen LogP contribution is 2.34. The van der Waals surface area contributed by atoms with Gasteiger partial charge in [-0.25, -0.2) is 9.18 Å². The average molecular weight is 464 g/mol. The first kappa shape index (κ1) is 22.1. The molecule has 2 N–H and O–H groups in total. The number of hydrogen-bond donors (Lipinski definition) is 2. The standard InChI is InChI=1S/C25H25FN4O4/c1-13(2)17(11-22-24(32)29-25(33)34-22)16-7-8-20(28-23(16)31)14-9-19(26)18-12-27-30(21(18)10-14)15-5-3-4-6-15/h7-13,15,17H,3-6H2,1-2H3,(H,28,31)(H,29,32,33)/b22-11-. The van der Waals surface area contributed by atoms with Crippen LogP contribution in [0.3, 0.4) is 0 Å². The molecular formula is C25H25FN4O4. The smallest absolute Gasteiger partial charge is 0.404 e. The number of cyclic esters (lactones) is 1. The van der Waals surface area contributed by atoms with E-state index in [9.17, 15) is 18.8 Å². The summed E-state index contributed by atoms with van der Waals surface area (Å²) in [7, 11) is 0. The van der Waals surface area contributed by atoms with Crippen LogP contribution in [0.1, 0.15) is 57.1 Å². The first-order valence-electron chi connectivity index (χ1n) is 11.5. The number of pyridine rings is 1. The molecule has 2 aliphatic rings. The fraction of sp³-hybridized carbons (Fsp3) is 0.360. The number of allylic oxidation sites excluding steroid dienone is 1. The molecule has 0 bridgehead atoms. The van der Waals surface area contributed by atoms with Gasteiger partial charge < -0.3 is 9.72 Å². The SMILES string of the molecule is CC(C)C(/C=C1\OC(=O)NC1=O)c1ccc(-c2cc(F)c3cnn(C4CCCC4)c3c2)[nH]c1=O. The minimum absolute atomic E-state index is 0.0545. The number of nitrogens with zero attached hydrogens (tertiary/aromatic N) is 2. The lowest BCUT2D eigenvalue weighted by atomic mass is 9.88. The minimum Gasteiger partial charge on any atom is -0.404 e. The molecule has 5 rings (SSSR count). The number of alkyl carbamates (subject to hydrolysis) is 1. The number of H-pyrrole nitrogens is 1. The molecule has 0 radical (unpaired) electrons. The Kier molecular flexibility index (Phi) is 5.55. The molecule has 8 nitrogen and oxygen atoms in total. The molecule has 2 fully saturated rings. The van der Waals surface area contributed by atoms with Crippen LogP contribution in [0.15, 0.2) is 47.1 Å². The second-order valence-electron chi connectivity index (χ2n) is 9.22. The second kappa shape index (κ2) is 8.55. The summed E-state index contributed by atoms with van der Waals surface area (Å²) in [5, 5.41) is 6.95. The molecule has 3 heterocycles. The normalized spacial score (nSPS) is 18.8. The summed E-state index contributed by atoms with van der Waals surface area (Å²) in [6.07, 6.45) is 6.53. The van der Waals surface area contributed by atoms with Crippen LogP contribution in [0, 0.1) is 11.7 Å². The van der Waals surface area contributed by atoms with E-state index in [4.69, 9.17) is 4.74 Å². The van der Waals surface area contributed by atoms with Gasteiger partial charge in [-0.05, 0) is 43.0 Å². The number of hydrogen-bond acceptors (Lipinski definition) is 5. The summed E-state index contributed by atoms with van der Waals surface area (Å²) in [6.45, 7) is 3.80. The number of ether oxygens (including phenoxy) is 1. The van der Waals surface area contributed by atoms with Crippen LogP contribution in [-0.2, 0) is 9.53 Å². The zero-order valence-corrected chi connectivity index (χ0v) is 18.9. The Morgan fingerprint density at radius 3 is 2.59 bits per heavy atom. The molecule has 1 aromatic carbocycles. The maximum atomic E-state index is 14.9. The fourth-order valence-corrected chi connectivity index (χ4v) is 4.85. The van der Waals surface area contributed by atoms with Crippen molar-refractivity contribution in [2.45, 2.75) is 51.5 Å². The minimum atomic E-state index is -0.836. The van der Waals surface area contributed by atoms with Gasteiger partial charge in [-0.3, -0.25) is 19.6 Å². The van der Waals surface area contributed by atoms with E-state index in [0.29, 0.717) is 27.7 Å². The summed E-state index contributed by atoms with van der Waals surface area (Å²) in [6, 6.07) is 6.91. The maximum Gasteiger partial charge on any atom is 0.419 e. The monoisotopic (exact) mass is 464 g/mol. The van der Waals surface area contributed by atoms with Gasteiger partial charge in [0.15, 0.2) is 5.76 Å². The van der Waals surface area contributed by atoms with Crippen LogP contribution in [0.5, 0.6) is 0 Å². The van der Waals surface area contributed by atoms with Gasteiger partial charge in [0.2, 0.25) is 0 Å². The number of rotatable bonds is 5. The van der Waals surface area contributed by atoms with E-state index in [1.54, 1.807) is 18.3 Å². The van der Waals surface area contributed by atoms with Crippen molar-refractivity contribution in [1.82, 2.24) is 20.1 Å². The van der Waals surface area contributed by atoms with E-state index in [1.807, 2.05) is 24.6 Å². The summed E-state index contributed by atoms with van der Waals surface area (Å²) >= 11 is 0. The van der Waals surface area contributed by atoms with Gasteiger partial charge in [-0.2, -0.15) is 5.10 Å². The lowest BCUT2D eigenvalue weighted by Crippen LogP contribution is -2.21. The molecule has 176 valence electrons. The Morgan fingerprint density at radius 1 is 1.18 bits per heavy atom. The van der Waals surface area contributed by atoms with Crippen molar-refractivity contribution in [3.63, 3.8) is 0 Å². The molecule has 0 spiro atoms. The van der Waals surface area contributed by atoms with Crippen LogP contribution in [-0.4, -0.2) is 26.8 Å². The molecule has 1 aliphatic carbocycles. The van der Waals surface area contributed by atoms with Gasteiger partial charge in [0.25, 0.3) is 11.5 Å². The van der Waals surface area contributed by atoms with Gasteiger partial charge in [-0.15, -0.1) is 0 Å². The number of amides is 2. The highest BCUT2D eigenvalue weighted by atomic mass is 19.1. The summed E-state index contributed by atoms with van der Waals surface area (Å²) in [5.74, 6) is -1.67. The maximum absolute atomic E-state index is 14.9. The van der Waals surface area contributed by atoms with Gasteiger partial charge in [0.05, 0.1) is 23.1 Å². The summed E-state index contributed by atoms with van der Waals surface area (Å²) in [4.78, 5) is 39.1. The van der Waals surface area contributed by atoms with E-state index < -0.39 is 17.9 Å². The Hall–Kier alpha value is -3.75. The van der Waals surface area contributed by atoms with Crippen LogP contribution < -0.4 is 10.9 Å². The van der Waals surface area contributed by atoms with Crippen molar-refractivity contribution >= 4 is 22.9 Å². The number of aromatic amines is 1. The van der Waals surface area contributed by atoms with Crippen molar-refractivity contribution in [1.29, 1.82) is 0 Å². The summed E-state index contributed by atoms with van der Waals surface area (Å²) < 4.78 is 21.7. The van der Waals surface area contributed by atoms with Crippen molar-refractivity contribution < 1.29 is 18.7 Å². The van der Waals surface area contributed by atoms with Crippen molar-refractivity contribution in [3.05, 3.63) is 64.0 Å². The largest absolute Gasteiger partial charge is 0.419 e. The van der Waals surface area contributed by atoms with Crippen LogP contribution >= 0.6 is 0 Å². The molecule has 2 amide bonds. The highest BCUT2D eigenvalue weighted by molar-refractivity contribution is 6.07. The number of carbonyl (C=O) groups excluding carboxylic acids is 2. The number of fused-ring (bicyclic) bond motifs is 1. The van der Waals surface area contributed by atoms with E-state index in [2.05, 4.69) is 15.4 Å². The van der Waals surface area contributed by atoms with Gasteiger partial charge in [0.1, 0.15) is 5.82 Å². The summed E-state index contributed by atoms with van der Waals surface area (Å²) in [5.41, 5.74) is 1.80. The second-order valence-corrected chi connectivity index (χ2v) is 9.22. The molecule has 1 aliphatic heterocycles. The Balaban J connectivity index is 1.52. The predicted octanol–water partition coefficient (Wildman–Crippen LogP) is 4.54. The number of halogens is 1. The van der Waals surface area contributed by atoms with E-state index >= 15 is 0 Å². The fourth-order valence-electron chi connectivity index (χ4n) is 4.85. The van der Waals surface area contributed by atoms with Crippen LogP contribution in [0.2, 0.25) is 0 Å². The Labute approximate surface area is 194 Å². The molecular weight excluding hydrogens is 439 g/mol. The van der Waals surface area contributed by atoms with E-state index in [0.717, 1.165) is 25.7 Å².